The van der Waals surface area contributed by atoms with Crippen molar-refractivity contribution in [3.63, 3.8) is 0 Å². The number of alkyl halides is 1. The van der Waals surface area contributed by atoms with Crippen LogP contribution in [0.5, 0.6) is 0 Å². The van der Waals surface area contributed by atoms with E-state index >= 15 is 0 Å². The average Bonchev–Trinajstić information content (AvgIpc) is 3.06. The fourth-order valence-electron chi connectivity index (χ4n) is 2.84. The maximum absolute atomic E-state index is 14.2. The summed E-state index contributed by atoms with van der Waals surface area (Å²) in [6, 6.07) is 3.02. The number of nitrogens with one attached hydrogen (secondary N) is 1. The van der Waals surface area contributed by atoms with Crippen LogP contribution < -0.4 is 5.32 Å². The van der Waals surface area contributed by atoms with Crippen molar-refractivity contribution in [2.24, 2.45) is 5.10 Å². The molecule has 4 rings (SSSR count). The Bertz CT molecular complexity index is 585. The molecule has 0 bridgehead atoms. The van der Waals surface area contributed by atoms with Gasteiger partial charge in [-0.3, -0.25) is 5.01 Å². The summed E-state index contributed by atoms with van der Waals surface area (Å²) in [5, 5.41) is 10.1. The summed E-state index contributed by atoms with van der Waals surface area (Å²) >= 11 is 1.58. The van der Waals surface area contributed by atoms with Crippen LogP contribution in [0.2, 0.25) is 0 Å². The maximum Gasteiger partial charge on any atom is 0.182 e. The first kappa shape index (κ1) is 13.3. The highest BCUT2D eigenvalue weighted by molar-refractivity contribution is 8.14. The van der Waals surface area contributed by atoms with E-state index in [-0.39, 0.29) is 12.0 Å². The summed E-state index contributed by atoms with van der Waals surface area (Å²) in [5.74, 6) is -1.29. The predicted octanol–water partition coefficient (Wildman–Crippen LogP) is 3.15. The molecule has 1 aromatic rings. The number of thioether (sulfide) groups is 1. The highest BCUT2D eigenvalue weighted by atomic mass is 32.2. The molecular formula is C14H14F3N3S. The molecule has 1 saturated carbocycles. The Hall–Kier alpha value is -1.37. The monoisotopic (exact) mass is 313 g/mol. The Morgan fingerprint density at radius 2 is 1.95 bits per heavy atom. The van der Waals surface area contributed by atoms with Gasteiger partial charge in [0.15, 0.2) is 5.17 Å². The van der Waals surface area contributed by atoms with E-state index in [1.54, 1.807) is 11.8 Å². The van der Waals surface area contributed by atoms with Crippen molar-refractivity contribution in [2.45, 2.75) is 42.9 Å². The van der Waals surface area contributed by atoms with Crippen LogP contribution in [0.15, 0.2) is 23.3 Å². The van der Waals surface area contributed by atoms with Gasteiger partial charge in [0.25, 0.3) is 0 Å². The van der Waals surface area contributed by atoms with E-state index in [4.69, 9.17) is 0 Å². The number of fused-ring (bicyclic) bond motifs is 1. The second-order valence-corrected chi connectivity index (χ2v) is 6.88. The third-order valence-electron chi connectivity index (χ3n) is 4.01. The zero-order valence-electron chi connectivity index (χ0n) is 11.1. The molecule has 1 unspecified atom stereocenters. The zero-order chi connectivity index (χ0) is 14.6. The van der Waals surface area contributed by atoms with Gasteiger partial charge >= 0.3 is 0 Å². The molecule has 0 spiro atoms. The minimum absolute atomic E-state index is 0.0421. The Kier molecular flexibility index (Phi) is 3.06. The Labute approximate surface area is 124 Å². The summed E-state index contributed by atoms with van der Waals surface area (Å²) in [7, 11) is 0. The first-order valence-corrected chi connectivity index (χ1v) is 7.89. The number of benzene rings is 1. The van der Waals surface area contributed by atoms with Gasteiger partial charge in [-0.1, -0.05) is 17.8 Å². The van der Waals surface area contributed by atoms with E-state index in [0.717, 1.165) is 12.8 Å². The summed E-state index contributed by atoms with van der Waals surface area (Å²) in [4.78, 5) is 0. The molecule has 3 nitrogen and oxygen atoms in total. The SMILES string of the molecule is Fc1cccc(F)c1[C@@H]1C[C@H](F)C2NC(SC3CC3)=NN21. The zero-order valence-corrected chi connectivity index (χ0v) is 11.9. The van der Waals surface area contributed by atoms with E-state index in [1.807, 2.05) is 0 Å². The Morgan fingerprint density at radius 3 is 2.62 bits per heavy atom. The van der Waals surface area contributed by atoms with Crippen LogP contribution in [0.3, 0.4) is 0 Å². The molecule has 7 heteroatoms. The standard InChI is InChI=1S/C14H14F3N3S/c15-8-2-1-3-9(16)12(8)11-6-10(17)13-18-14(19-20(11)13)21-7-4-5-7/h1-3,7,10-11,13H,4-6H2,(H,18,19)/t10-,11-,13?/m0/s1. The summed E-state index contributed by atoms with van der Waals surface area (Å²) in [6.45, 7) is 0. The minimum Gasteiger partial charge on any atom is -0.339 e. The van der Waals surface area contributed by atoms with Gasteiger partial charge in [-0.2, -0.15) is 0 Å². The topological polar surface area (TPSA) is 27.6 Å². The lowest BCUT2D eigenvalue weighted by Crippen LogP contribution is -2.38. The maximum atomic E-state index is 14.2. The van der Waals surface area contributed by atoms with Crippen LogP contribution >= 0.6 is 11.8 Å². The molecule has 112 valence electrons. The highest BCUT2D eigenvalue weighted by Crippen LogP contribution is 2.43. The van der Waals surface area contributed by atoms with E-state index < -0.39 is 30.0 Å². The quantitative estimate of drug-likeness (QED) is 0.909. The number of halogens is 3. The Balaban J connectivity index is 1.65. The normalized spacial score (nSPS) is 31.1. The minimum atomic E-state index is -1.20. The van der Waals surface area contributed by atoms with Crippen molar-refractivity contribution in [3.05, 3.63) is 35.4 Å². The van der Waals surface area contributed by atoms with E-state index in [0.29, 0.717) is 10.4 Å². The molecule has 1 saturated heterocycles. The van der Waals surface area contributed by atoms with Crippen molar-refractivity contribution < 1.29 is 13.2 Å². The van der Waals surface area contributed by atoms with Crippen LogP contribution in [0.25, 0.3) is 0 Å². The molecule has 2 fully saturated rings. The smallest absolute Gasteiger partial charge is 0.182 e. The fraction of sp³-hybridized carbons (Fsp3) is 0.500. The van der Waals surface area contributed by atoms with Gasteiger partial charge < -0.3 is 5.32 Å². The number of nitrogens with zero attached hydrogens (tertiary/aromatic N) is 2. The molecule has 0 aromatic heterocycles. The molecule has 21 heavy (non-hydrogen) atoms. The molecule has 1 aromatic carbocycles. The molecule has 0 radical (unpaired) electrons. The number of rotatable bonds is 2. The van der Waals surface area contributed by atoms with Gasteiger partial charge in [0.1, 0.15) is 24.0 Å². The van der Waals surface area contributed by atoms with Crippen LogP contribution in [-0.4, -0.2) is 27.8 Å². The number of hydrogen-bond acceptors (Lipinski definition) is 4. The third-order valence-corrected chi connectivity index (χ3v) is 5.24. The van der Waals surface area contributed by atoms with Crippen molar-refractivity contribution in [1.29, 1.82) is 0 Å². The molecule has 3 atom stereocenters. The molecule has 3 aliphatic rings. The van der Waals surface area contributed by atoms with Crippen LogP contribution in [-0.2, 0) is 0 Å². The molecule has 1 N–H and O–H groups in total. The second kappa shape index (κ2) is 4.83. The largest absolute Gasteiger partial charge is 0.339 e. The lowest BCUT2D eigenvalue weighted by atomic mass is 10.0. The van der Waals surface area contributed by atoms with Crippen molar-refractivity contribution in [1.82, 2.24) is 10.3 Å². The first-order valence-electron chi connectivity index (χ1n) is 7.01. The summed E-state index contributed by atoms with van der Waals surface area (Å²) < 4.78 is 42.1. The van der Waals surface area contributed by atoms with Crippen LogP contribution in [0.4, 0.5) is 13.2 Å². The Morgan fingerprint density at radius 1 is 1.24 bits per heavy atom. The van der Waals surface area contributed by atoms with E-state index in [1.165, 1.54) is 23.2 Å². The first-order chi connectivity index (χ1) is 10.1. The van der Waals surface area contributed by atoms with Crippen LogP contribution in [0, 0.1) is 11.6 Å². The molecule has 1 aliphatic carbocycles. The van der Waals surface area contributed by atoms with E-state index in [2.05, 4.69) is 10.4 Å². The third kappa shape index (κ3) is 2.27. The van der Waals surface area contributed by atoms with Gasteiger partial charge in [-0.05, 0) is 25.0 Å². The lowest BCUT2D eigenvalue weighted by Gasteiger charge is -2.22. The fourth-order valence-corrected chi connectivity index (χ4v) is 3.86. The number of amidine groups is 1. The van der Waals surface area contributed by atoms with E-state index in [9.17, 15) is 13.2 Å². The van der Waals surface area contributed by atoms with Crippen molar-refractivity contribution >= 4 is 16.9 Å². The molecular weight excluding hydrogens is 299 g/mol. The van der Waals surface area contributed by atoms with Gasteiger partial charge in [0.05, 0.1) is 6.04 Å². The molecule has 0 amide bonds. The van der Waals surface area contributed by atoms with Crippen LogP contribution in [0.1, 0.15) is 30.9 Å². The van der Waals surface area contributed by atoms with Gasteiger partial charge in [0.2, 0.25) is 0 Å². The highest BCUT2D eigenvalue weighted by Gasteiger charge is 2.48. The number of hydrogen-bond donors (Lipinski definition) is 1. The van der Waals surface area contributed by atoms with Crippen molar-refractivity contribution in [3.8, 4) is 0 Å². The molecule has 2 aliphatic heterocycles. The second-order valence-electron chi connectivity index (χ2n) is 5.59. The van der Waals surface area contributed by atoms with Gasteiger partial charge in [-0.15, -0.1) is 5.10 Å². The lowest BCUT2D eigenvalue weighted by molar-refractivity contribution is 0.176. The summed E-state index contributed by atoms with van der Waals surface area (Å²) in [6.07, 6.45) is 0.506. The van der Waals surface area contributed by atoms with Gasteiger partial charge in [0, 0.05) is 17.2 Å². The van der Waals surface area contributed by atoms with Gasteiger partial charge in [-0.25, -0.2) is 13.2 Å². The number of hydrazone groups is 1. The average molecular weight is 313 g/mol. The predicted molar refractivity (Wildman–Crippen MR) is 75.4 cm³/mol. The van der Waals surface area contributed by atoms with Crippen molar-refractivity contribution in [2.75, 3.05) is 0 Å². The summed E-state index contributed by atoms with van der Waals surface area (Å²) in [5.41, 5.74) is -0.0918. The molecule has 2 heterocycles.